The minimum absolute atomic E-state index is 0.899. The molecule has 72 valence electrons. The summed E-state index contributed by atoms with van der Waals surface area (Å²) in [6.45, 7) is 6.00. The van der Waals surface area contributed by atoms with Crippen molar-refractivity contribution in [2.75, 3.05) is 26.1 Å². The van der Waals surface area contributed by atoms with E-state index in [0.29, 0.717) is 0 Å². The molecule has 0 aromatic heterocycles. The molecule has 0 N–H and O–H groups in total. The van der Waals surface area contributed by atoms with E-state index in [2.05, 4.69) is 13.2 Å². The average Bonchev–Trinajstić information content (AvgIpc) is 2.21. The first-order chi connectivity index (χ1) is 6.24. The van der Waals surface area contributed by atoms with Crippen molar-refractivity contribution in [2.45, 2.75) is 0 Å². The van der Waals surface area contributed by atoms with Crippen LogP contribution in [0.2, 0.25) is 0 Å². The average molecular weight is 179 g/mol. The summed E-state index contributed by atoms with van der Waals surface area (Å²) in [6, 6.07) is 7.96. The molecule has 0 fully saturated rings. The number of methoxy groups -OCH3 is 1. The molecule has 13 heavy (non-hydrogen) atoms. The molecular formula is C11H17NO. The molecule has 0 heterocycles. The number of nitrogens with zero attached hydrogens (tertiary/aromatic N) is 1. The molecule has 0 bridgehead atoms. The van der Waals surface area contributed by atoms with Crippen LogP contribution in [0.15, 0.2) is 37.4 Å². The van der Waals surface area contributed by atoms with Crippen LogP contribution in [-0.4, -0.2) is 21.2 Å². The van der Waals surface area contributed by atoms with Crippen LogP contribution in [0.4, 0.5) is 5.69 Å². The van der Waals surface area contributed by atoms with Crippen molar-refractivity contribution in [1.82, 2.24) is 0 Å². The van der Waals surface area contributed by atoms with Crippen LogP contribution in [0.5, 0.6) is 5.75 Å². The van der Waals surface area contributed by atoms with Gasteiger partial charge in [-0.2, -0.15) is 0 Å². The van der Waals surface area contributed by atoms with Gasteiger partial charge in [0.15, 0.2) is 0 Å². The smallest absolute Gasteiger partial charge is 0.120 e. The van der Waals surface area contributed by atoms with E-state index in [1.54, 1.807) is 7.11 Å². The van der Waals surface area contributed by atoms with Gasteiger partial charge in [-0.15, -0.1) is 13.2 Å². The van der Waals surface area contributed by atoms with E-state index in [9.17, 15) is 0 Å². The van der Waals surface area contributed by atoms with Crippen LogP contribution in [0.3, 0.4) is 0 Å². The quantitative estimate of drug-likeness (QED) is 0.647. The molecule has 1 aromatic rings. The van der Waals surface area contributed by atoms with Gasteiger partial charge in [-0.05, 0) is 12.1 Å². The lowest BCUT2D eigenvalue weighted by Crippen LogP contribution is -2.08. The van der Waals surface area contributed by atoms with Gasteiger partial charge in [0, 0.05) is 25.8 Å². The Hall–Kier alpha value is -1.44. The molecular weight excluding hydrogens is 162 g/mol. The molecule has 0 saturated carbocycles. The van der Waals surface area contributed by atoms with Gasteiger partial charge in [0.05, 0.1) is 7.11 Å². The Kier molecular flexibility index (Phi) is 5.44. The first kappa shape index (κ1) is 11.6. The molecule has 0 unspecified atom stereocenters. The van der Waals surface area contributed by atoms with Gasteiger partial charge in [0.25, 0.3) is 0 Å². The van der Waals surface area contributed by atoms with Gasteiger partial charge >= 0.3 is 0 Å². The monoisotopic (exact) mass is 179 g/mol. The molecule has 2 nitrogen and oxygen atoms in total. The zero-order valence-electron chi connectivity index (χ0n) is 8.58. The molecule has 0 spiro atoms. The number of anilines is 1. The third-order valence-electron chi connectivity index (χ3n) is 1.57. The van der Waals surface area contributed by atoms with E-state index < -0.39 is 0 Å². The molecule has 0 atom stereocenters. The van der Waals surface area contributed by atoms with Crippen molar-refractivity contribution < 1.29 is 4.74 Å². The van der Waals surface area contributed by atoms with E-state index in [1.807, 2.05) is 43.3 Å². The maximum Gasteiger partial charge on any atom is 0.120 e. The Bertz CT molecular complexity index is 246. The lowest BCUT2D eigenvalue weighted by atomic mass is 10.3. The van der Waals surface area contributed by atoms with Crippen molar-refractivity contribution in [3.63, 3.8) is 0 Å². The zero-order chi connectivity index (χ0) is 10.3. The highest BCUT2D eigenvalue weighted by molar-refractivity contribution is 5.49. The molecule has 0 saturated heterocycles. The first-order valence-electron chi connectivity index (χ1n) is 4.05. The molecule has 0 radical (unpaired) electrons. The van der Waals surface area contributed by atoms with Crippen LogP contribution in [0.25, 0.3) is 0 Å². The number of rotatable bonds is 2. The fourth-order valence-electron chi connectivity index (χ4n) is 0.889. The van der Waals surface area contributed by atoms with Gasteiger partial charge in [-0.1, -0.05) is 6.07 Å². The number of hydrogen-bond donors (Lipinski definition) is 0. The largest absolute Gasteiger partial charge is 0.497 e. The maximum absolute atomic E-state index is 5.08. The normalized spacial score (nSPS) is 8.23. The topological polar surface area (TPSA) is 12.5 Å². The SMILES string of the molecule is C=C.COc1cccc(N(C)C)c1. The van der Waals surface area contributed by atoms with Gasteiger partial charge in [0.1, 0.15) is 5.75 Å². The number of ether oxygens (including phenoxy) is 1. The predicted octanol–water partition coefficient (Wildman–Crippen LogP) is 2.56. The van der Waals surface area contributed by atoms with Gasteiger partial charge < -0.3 is 9.64 Å². The second-order valence-electron chi connectivity index (χ2n) is 2.60. The molecule has 0 aliphatic heterocycles. The fourth-order valence-corrected chi connectivity index (χ4v) is 0.889. The Labute approximate surface area is 80.4 Å². The summed E-state index contributed by atoms with van der Waals surface area (Å²) < 4.78 is 5.08. The lowest BCUT2D eigenvalue weighted by molar-refractivity contribution is 0.415. The highest BCUT2D eigenvalue weighted by Gasteiger charge is 1.95. The highest BCUT2D eigenvalue weighted by Crippen LogP contribution is 2.18. The van der Waals surface area contributed by atoms with E-state index in [-0.39, 0.29) is 0 Å². The molecule has 0 amide bonds. The summed E-state index contributed by atoms with van der Waals surface area (Å²) in [5.41, 5.74) is 1.16. The summed E-state index contributed by atoms with van der Waals surface area (Å²) in [6.07, 6.45) is 0. The summed E-state index contributed by atoms with van der Waals surface area (Å²) in [5, 5.41) is 0. The molecule has 1 aromatic carbocycles. The van der Waals surface area contributed by atoms with Crippen molar-refractivity contribution >= 4 is 5.69 Å². The minimum atomic E-state index is 0.899. The van der Waals surface area contributed by atoms with Gasteiger partial charge in [-0.3, -0.25) is 0 Å². The lowest BCUT2D eigenvalue weighted by Gasteiger charge is -2.12. The Morgan fingerprint density at radius 1 is 1.23 bits per heavy atom. The van der Waals surface area contributed by atoms with E-state index in [0.717, 1.165) is 11.4 Å². The summed E-state index contributed by atoms with van der Waals surface area (Å²) in [7, 11) is 5.69. The third-order valence-corrected chi connectivity index (χ3v) is 1.57. The van der Waals surface area contributed by atoms with Crippen LogP contribution in [-0.2, 0) is 0 Å². The Balaban J connectivity index is 0.000000671. The second-order valence-corrected chi connectivity index (χ2v) is 2.60. The minimum Gasteiger partial charge on any atom is -0.497 e. The number of benzene rings is 1. The zero-order valence-corrected chi connectivity index (χ0v) is 8.58. The molecule has 2 heteroatoms. The van der Waals surface area contributed by atoms with E-state index in [4.69, 9.17) is 4.74 Å². The van der Waals surface area contributed by atoms with Crippen LogP contribution < -0.4 is 9.64 Å². The molecule has 0 aliphatic carbocycles. The molecule has 0 aliphatic rings. The maximum atomic E-state index is 5.08. The summed E-state index contributed by atoms with van der Waals surface area (Å²) >= 11 is 0. The predicted molar refractivity (Wildman–Crippen MR) is 58.6 cm³/mol. The van der Waals surface area contributed by atoms with Crippen molar-refractivity contribution in [1.29, 1.82) is 0 Å². The summed E-state index contributed by atoms with van der Waals surface area (Å²) in [5.74, 6) is 0.899. The first-order valence-corrected chi connectivity index (χ1v) is 4.05. The van der Waals surface area contributed by atoms with Crippen molar-refractivity contribution in [3.05, 3.63) is 37.4 Å². The van der Waals surface area contributed by atoms with Crippen molar-refractivity contribution in [2.24, 2.45) is 0 Å². The Morgan fingerprint density at radius 3 is 2.31 bits per heavy atom. The highest BCUT2D eigenvalue weighted by atomic mass is 16.5. The van der Waals surface area contributed by atoms with E-state index >= 15 is 0 Å². The third kappa shape index (κ3) is 3.65. The van der Waals surface area contributed by atoms with Crippen molar-refractivity contribution in [3.8, 4) is 5.75 Å². The summed E-state index contributed by atoms with van der Waals surface area (Å²) in [4.78, 5) is 2.04. The van der Waals surface area contributed by atoms with Crippen LogP contribution in [0, 0.1) is 0 Å². The van der Waals surface area contributed by atoms with Gasteiger partial charge in [-0.25, -0.2) is 0 Å². The fraction of sp³-hybridized carbons (Fsp3) is 0.273. The van der Waals surface area contributed by atoms with Crippen LogP contribution in [0.1, 0.15) is 0 Å². The second kappa shape index (κ2) is 6.12. The molecule has 1 rings (SSSR count). The Morgan fingerprint density at radius 2 is 1.85 bits per heavy atom. The van der Waals surface area contributed by atoms with Crippen LogP contribution >= 0.6 is 0 Å². The van der Waals surface area contributed by atoms with E-state index in [1.165, 1.54) is 0 Å². The standard InChI is InChI=1S/C9H13NO.C2H4/c1-10(2)8-5-4-6-9(7-8)11-3;1-2/h4-7H,1-3H3;1-2H2. The van der Waals surface area contributed by atoms with Gasteiger partial charge in [0.2, 0.25) is 0 Å². The number of hydrogen-bond acceptors (Lipinski definition) is 2.